The topological polar surface area (TPSA) is 118 Å². The maximum absolute atomic E-state index is 13.1. The first-order chi connectivity index (χ1) is 16.2. The van der Waals surface area contributed by atoms with Gasteiger partial charge in [0.1, 0.15) is 0 Å². The molecular formula is C27H43Cl2N3O5. The average Bonchev–Trinajstić information content (AvgIpc) is 2.85. The van der Waals surface area contributed by atoms with E-state index in [4.69, 9.17) is 9.47 Å². The molecule has 1 atom stereocenters. The predicted molar refractivity (Wildman–Crippen MR) is 152 cm³/mol. The second kappa shape index (κ2) is 17.4. The largest absolute Gasteiger partial charge is 0.493 e. The minimum atomic E-state index is 0. The Morgan fingerprint density at radius 3 is 2.38 bits per heavy atom. The van der Waals surface area contributed by atoms with E-state index in [1.807, 2.05) is 29.4 Å². The summed E-state index contributed by atoms with van der Waals surface area (Å²) in [6, 6.07) is 8.03. The van der Waals surface area contributed by atoms with Crippen molar-refractivity contribution in [1.82, 2.24) is 14.8 Å². The first-order valence-electron chi connectivity index (χ1n) is 12.3. The molecular weight excluding hydrogens is 517 g/mol. The quantitative estimate of drug-likeness (QED) is 0.441. The molecule has 37 heavy (non-hydrogen) atoms. The molecule has 1 amide bonds. The van der Waals surface area contributed by atoms with Gasteiger partial charge in [0.15, 0.2) is 11.5 Å². The van der Waals surface area contributed by atoms with Gasteiger partial charge in [-0.2, -0.15) is 0 Å². The molecule has 2 aliphatic heterocycles. The minimum Gasteiger partial charge on any atom is -0.493 e. The second-order valence-corrected chi connectivity index (χ2v) is 9.32. The first kappa shape index (κ1) is 34.9. The molecule has 0 bridgehead atoms. The monoisotopic (exact) mass is 559 g/mol. The van der Waals surface area contributed by atoms with Crippen LogP contribution >= 0.6 is 24.8 Å². The van der Waals surface area contributed by atoms with Gasteiger partial charge in [0, 0.05) is 37.6 Å². The number of nitrogens with zero attached hydrogens (tertiary/aromatic N) is 3. The van der Waals surface area contributed by atoms with Crippen LogP contribution in [0, 0.1) is 5.92 Å². The van der Waals surface area contributed by atoms with Crippen LogP contribution in [-0.2, 0) is 12.8 Å². The van der Waals surface area contributed by atoms with Crippen molar-refractivity contribution in [3.05, 3.63) is 53.3 Å². The van der Waals surface area contributed by atoms with Gasteiger partial charge < -0.3 is 30.2 Å². The lowest BCUT2D eigenvalue weighted by Crippen LogP contribution is -2.39. The summed E-state index contributed by atoms with van der Waals surface area (Å²) in [7, 11) is 3.25. The van der Waals surface area contributed by atoms with Crippen molar-refractivity contribution in [1.29, 1.82) is 0 Å². The molecule has 1 fully saturated rings. The highest BCUT2D eigenvalue weighted by atomic mass is 35.5. The standard InChI is InChI=1S/C27H37N3O3.2ClH.2H2O/c1-32-25-18-23-11-17-30(27(31)24(23)19-26(25)33-2)16-5-8-22-7-4-15-29(20-22)14-3-6-21-9-12-28-13-10-21;;;;/h9-10,12-13,18-19,22H,3-8,11,14-17,20H2,1-2H3;2*1H;2*1H2. The smallest absolute Gasteiger partial charge is 0.254 e. The summed E-state index contributed by atoms with van der Waals surface area (Å²) in [5.41, 5.74) is 3.20. The van der Waals surface area contributed by atoms with E-state index in [1.54, 1.807) is 14.2 Å². The molecule has 4 rings (SSSR count). The van der Waals surface area contributed by atoms with Crippen LogP contribution in [0.4, 0.5) is 0 Å². The highest BCUT2D eigenvalue weighted by Gasteiger charge is 2.27. The van der Waals surface area contributed by atoms with Crippen LogP contribution in [0.5, 0.6) is 11.5 Å². The number of carbonyl (C=O) groups is 1. The Kier molecular flexibility index (Phi) is 16.4. The Balaban J connectivity index is 0.00000324. The van der Waals surface area contributed by atoms with E-state index < -0.39 is 0 Å². The highest BCUT2D eigenvalue weighted by molar-refractivity contribution is 5.97. The summed E-state index contributed by atoms with van der Waals surface area (Å²) in [5.74, 6) is 2.19. The van der Waals surface area contributed by atoms with Crippen LogP contribution in [0.3, 0.4) is 0 Å². The van der Waals surface area contributed by atoms with Crippen molar-refractivity contribution in [3.63, 3.8) is 0 Å². The normalized spacial score (nSPS) is 16.8. The number of aryl methyl sites for hydroxylation is 1. The van der Waals surface area contributed by atoms with Crippen LogP contribution in [0.2, 0.25) is 0 Å². The van der Waals surface area contributed by atoms with Crippen molar-refractivity contribution >= 4 is 30.7 Å². The lowest BCUT2D eigenvalue weighted by atomic mass is 9.92. The lowest BCUT2D eigenvalue weighted by Gasteiger charge is -2.34. The Morgan fingerprint density at radius 2 is 1.68 bits per heavy atom. The van der Waals surface area contributed by atoms with Gasteiger partial charge in [0.05, 0.1) is 14.2 Å². The number of carbonyl (C=O) groups excluding carboxylic acids is 1. The molecule has 1 saturated heterocycles. The number of hydrogen-bond donors (Lipinski definition) is 0. The third kappa shape index (κ3) is 9.30. The fourth-order valence-electron chi connectivity index (χ4n) is 5.28. The van der Waals surface area contributed by atoms with E-state index >= 15 is 0 Å². The molecule has 1 aromatic carbocycles. The zero-order chi connectivity index (χ0) is 23.0. The van der Waals surface area contributed by atoms with Gasteiger partial charge in [0.2, 0.25) is 0 Å². The maximum Gasteiger partial charge on any atom is 0.254 e. The van der Waals surface area contributed by atoms with Crippen molar-refractivity contribution in [3.8, 4) is 11.5 Å². The van der Waals surface area contributed by atoms with Gasteiger partial charge >= 0.3 is 0 Å². The van der Waals surface area contributed by atoms with Gasteiger partial charge in [-0.25, -0.2) is 0 Å². The average molecular weight is 561 g/mol. The van der Waals surface area contributed by atoms with Crippen LogP contribution in [0.1, 0.15) is 53.6 Å². The van der Waals surface area contributed by atoms with E-state index in [0.717, 1.165) is 49.4 Å². The number of amides is 1. The van der Waals surface area contributed by atoms with Gasteiger partial charge in [0.25, 0.3) is 5.91 Å². The van der Waals surface area contributed by atoms with Crippen LogP contribution in [0.25, 0.3) is 0 Å². The van der Waals surface area contributed by atoms with Gasteiger partial charge in [-0.15, -0.1) is 24.8 Å². The molecule has 0 spiro atoms. The molecule has 4 N–H and O–H groups in total. The molecule has 10 heteroatoms. The van der Waals surface area contributed by atoms with E-state index in [2.05, 4.69) is 22.0 Å². The number of pyridine rings is 1. The number of methoxy groups -OCH3 is 2. The zero-order valence-corrected chi connectivity index (χ0v) is 23.5. The number of piperidine rings is 1. The van der Waals surface area contributed by atoms with Crippen molar-refractivity contribution < 1.29 is 25.2 Å². The Bertz CT molecular complexity index is 936. The van der Waals surface area contributed by atoms with E-state index in [-0.39, 0.29) is 41.7 Å². The molecule has 3 heterocycles. The number of benzene rings is 1. The van der Waals surface area contributed by atoms with Crippen LogP contribution in [-0.4, -0.2) is 78.6 Å². The molecule has 210 valence electrons. The molecule has 0 radical (unpaired) electrons. The zero-order valence-electron chi connectivity index (χ0n) is 21.9. The molecule has 2 aliphatic rings. The highest BCUT2D eigenvalue weighted by Crippen LogP contribution is 2.33. The fourth-order valence-corrected chi connectivity index (χ4v) is 5.28. The van der Waals surface area contributed by atoms with Crippen molar-refractivity contribution in [2.24, 2.45) is 5.92 Å². The number of ether oxygens (including phenoxy) is 2. The van der Waals surface area contributed by atoms with Gasteiger partial charge in [-0.3, -0.25) is 9.78 Å². The second-order valence-electron chi connectivity index (χ2n) is 9.32. The SMILES string of the molecule is COc1cc2c(cc1OC)C(=O)N(CCCC1CCCN(CCCc3ccncc3)C1)CC2.Cl.Cl.O.O. The summed E-state index contributed by atoms with van der Waals surface area (Å²) in [6.45, 7) is 5.22. The molecule has 1 unspecified atom stereocenters. The Hall–Kier alpha value is -2.10. The Labute approximate surface area is 233 Å². The summed E-state index contributed by atoms with van der Waals surface area (Å²) in [4.78, 5) is 21.8. The van der Waals surface area contributed by atoms with Crippen LogP contribution in [0.15, 0.2) is 36.7 Å². The molecule has 2 aromatic rings. The van der Waals surface area contributed by atoms with Gasteiger partial charge in [-0.05, 0) is 99.3 Å². The number of aromatic nitrogens is 1. The summed E-state index contributed by atoms with van der Waals surface area (Å²) >= 11 is 0. The fraction of sp³-hybridized carbons (Fsp3) is 0.556. The van der Waals surface area contributed by atoms with Crippen LogP contribution < -0.4 is 9.47 Å². The molecule has 8 nitrogen and oxygen atoms in total. The van der Waals surface area contributed by atoms with Gasteiger partial charge in [-0.1, -0.05) is 0 Å². The minimum absolute atomic E-state index is 0. The molecule has 1 aromatic heterocycles. The van der Waals surface area contributed by atoms with E-state index in [1.165, 1.54) is 50.9 Å². The third-order valence-corrected chi connectivity index (χ3v) is 7.11. The number of fused-ring (bicyclic) bond motifs is 1. The summed E-state index contributed by atoms with van der Waals surface area (Å²) in [6.07, 6.45) is 11.8. The van der Waals surface area contributed by atoms with Crippen molar-refractivity contribution in [2.45, 2.75) is 44.9 Å². The summed E-state index contributed by atoms with van der Waals surface area (Å²) < 4.78 is 10.8. The Morgan fingerprint density at radius 1 is 0.973 bits per heavy atom. The summed E-state index contributed by atoms with van der Waals surface area (Å²) in [5, 5.41) is 0. The first-order valence-corrected chi connectivity index (χ1v) is 12.3. The lowest BCUT2D eigenvalue weighted by molar-refractivity contribution is 0.0729. The number of likely N-dealkylation sites (tertiary alicyclic amines) is 1. The molecule has 0 aliphatic carbocycles. The number of hydrogen-bond acceptors (Lipinski definition) is 5. The van der Waals surface area contributed by atoms with E-state index in [9.17, 15) is 4.79 Å². The number of rotatable bonds is 10. The van der Waals surface area contributed by atoms with E-state index in [0.29, 0.717) is 11.5 Å². The maximum atomic E-state index is 13.1. The third-order valence-electron chi connectivity index (χ3n) is 7.11. The van der Waals surface area contributed by atoms with Crippen molar-refractivity contribution in [2.75, 3.05) is 46.9 Å². The number of halogens is 2. The molecule has 0 saturated carbocycles. The predicted octanol–water partition coefficient (Wildman–Crippen LogP) is 3.42.